The maximum absolute atomic E-state index is 6.30. The highest BCUT2D eigenvalue weighted by atomic mass is 35.5. The molecule has 0 bridgehead atoms. The lowest BCUT2D eigenvalue weighted by Crippen LogP contribution is -3.00. The second-order valence-corrected chi connectivity index (χ2v) is 11.1. The maximum atomic E-state index is 6.30. The molecule has 1 N–H and O–H groups in total. The van der Waals surface area contributed by atoms with Crippen molar-refractivity contribution < 1.29 is 21.6 Å². The van der Waals surface area contributed by atoms with Crippen molar-refractivity contribution in [2.75, 3.05) is 32.5 Å². The molecule has 0 aliphatic carbocycles. The fourth-order valence-electron chi connectivity index (χ4n) is 4.08. The van der Waals surface area contributed by atoms with Gasteiger partial charge < -0.3 is 26.9 Å². The van der Waals surface area contributed by atoms with Crippen LogP contribution in [0.2, 0.25) is 5.02 Å². The Labute approximate surface area is 236 Å². The number of ether oxygens (including phenoxy) is 1. The van der Waals surface area contributed by atoms with Gasteiger partial charge in [-0.25, -0.2) is 0 Å². The molecule has 0 unspecified atom stereocenters. The minimum Gasteiger partial charge on any atom is -1.00 e. The largest absolute Gasteiger partial charge is 1.00 e. The molecule has 0 aromatic heterocycles. The SMILES string of the molecule is C[N+](C)(CCCNc1cc(Cl)ccc1Sc1ccccc1)Cc1ccc(OCc2ccccc2)cc1.[Cl-]. The first-order valence-corrected chi connectivity index (χ1v) is 13.5. The Bertz CT molecular complexity index is 1220. The molecular weight excluding hydrogens is 519 g/mol. The van der Waals surface area contributed by atoms with Crippen LogP contribution < -0.4 is 22.5 Å². The molecular formula is C31H34Cl2N2OS. The Balaban J connectivity index is 0.00000380. The summed E-state index contributed by atoms with van der Waals surface area (Å²) >= 11 is 8.05. The highest BCUT2D eigenvalue weighted by Gasteiger charge is 2.16. The van der Waals surface area contributed by atoms with Crippen LogP contribution in [-0.2, 0) is 13.2 Å². The molecule has 0 atom stereocenters. The summed E-state index contributed by atoms with van der Waals surface area (Å²) in [6.07, 6.45) is 1.06. The monoisotopic (exact) mass is 552 g/mol. The zero-order chi connectivity index (χ0) is 25.2. The van der Waals surface area contributed by atoms with Gasteiger partial charge >= 0.3 is 0 Å². The summed E-state index contributed by atoms with van der Waals surface area (Å²) in [6, 6.07) is 35.3. The first-order chi connectivity index (χ1) is 17.5. The lowest BCUT2D eigenvalue weighted by molar-refractivity contribution is -0.903. The van der Waals surface area contributed by atoms with Crippen molar-refractivity contribution in [1.29, 1.82) is 0 Å². The van der Waals surface area contributed by atoms with Gasteiger partial charge in [0.05, 0.1) is 20.6 Å². The van der Waals surface area contributed by atoms with Crippen molar-refractivity contribution >= 4 is 29.1 Å². The summed E-state index contributed by atoms with van der Waals surface area (Å²) in [5.41, 5.74) is 3.58. The van der Waals surface area contributed by atoms with E-state index in [0.29, 0.717) is 6.61 Å². The first-order valence-electron chi connectivity index (χ1n) is 12.3. The number of quaternary nitrogens is 1. The summed E-state index contributed by atoms with van der Waals surface area (Å²) < 4.78 is 6.85. The van der Waals surface area contributed by atoms with E-state index < -0.39 is 0 Å². The minimum absolute atomic E-state index is 0. The van der Waals surface area contributed by atoms with E-state index in [4.69, 9.17) is 16.3 Å². The van der Waals surface area contributed by atoms with Gasteiger partial charge in [0.25, 0.3) is 0 Å². The predicted molar refractivity (Wildman–Crippen MR) is 153 cm³/mol. The van der Waals surface area contributed by atoms with E-state index in [1.54, 1.807) is 11.8 Å². The van der Waals surface area contributed by atoms with E-state index >= 15 is 0 Å². The average Bonchev–Trinajstić information content (AvgIpc) is 2.89. The van der Waals surface area contributed by atoms with Gasteiger partial charge in [-0.1, -0.05) is 71.9 Å². The summed E-state index contributed by atoms with van der Waals surface area (Å²) in [5, 5.41) is 4.37. The van der Waals surface area contributed by atoms with E-state index in [0.717, 1.165) is 47.0 Å². The van der Waals surface area contributed by atoms with E-state index in [2.05, 4.69) is 86.1 Å². The lowest BCUT2D eigenvalue weighted by atomic mass is 10.2. The quantitative estimate of drug-likeness (QED) is 0.194. The predicted octanol–water partition coefficient (Wildman–Crippen LogP) is 5.15. The molecule has 0 amide bonds. The van der Waals surface area contributed by atoms with Crippen molar-refractivity contribution in [3.63, 3.8) is 0 Å². The third-order valence-corrected chi connectivity index (χ3v) is 7.27. The third-order valence-electron chi connectivity index (χ3n) is 5.95. The van der Waals surface area contributed by atoms with Crippen molar-refractivity contribution in [3.05, 3.63) is 119 Å². The molecule has 6 heteroatoms. The Morgan fingerprint density at radius 2 is 1.49 bits per heavy atom. The number of nitrogens with zero attached hydrogens (tertiary/aromatic N) is 1. The number of halogens is 2. The number of anilines is 1. The molecule has 4 aromatic rings. The standard InChI is InChI=1S/C31H34ClN2OS.ClH/c1-34(2,23-25-14-17-28(18-15-25)35-24-26-10-5-3-6-11-26)21-9-20-33-30-22-27(32)16-19-31(30)36-29-12-7-4-8-13-29;/h3-8,10-19,22,33H,9,20-21,23-24H2,1-2H3;1H/q+1;/p-1. The normalized spacial score (nSPS) is 11.0. The van der Waals surface area contributed by atoms with E-state index in [9.17, 15) is 0 Å². The smallest absolute Gasteiger partial charge is 0.119 e. The summed E-state index contributed by atoms with van der Waals surface area (Å²) in [5.74, 6) is 0.905. The highest BCUT2D eigenvalue weighted by Crippen LogP contribution is 2.35. The van der Waals surface area contributed by atoms with Crippen LogP contribution in [0.3, 0.4) is 0 Å². The average molecular weight is 554 g/mol. The molecule has 194 valence electrons. The molecule has 0 spiro atoms. The van der Waals surface area contributed by atoms with Crippen LogP contribution in [0.4, 0.5) is 5.69 Å². The Morgan fingerprint density at radius 3 is 2.19 bits per heavy atom. The molecule has 37 heavy (non-hydrogen) atoms. The lowest BCUT2D eigenvalue weighted by Gasteiger charge is -2.30. The second-order valence-electron chi connectivity index (χ2n) is 9.57. The van der Waals surface area contributed by atoms with Gasteiger partial charge in [0.15, 0.2) is 0 Å². The molecule has 0 fully saturated rings. The zero-order valence-electron chi connectivity index (χ0n) is 21.4. The van der Waals surface area contributed by atoms with Gasteiger partial charge in [0.2, 0.25) is 0 Å². The van der Waals surface area contributed by atoms with Crippen LogP contribution in [-0.4, -0.2) is 31.7 Å². The number of hydrogen-bond acceptors (Lipinski definition) is 3. The van der Waals surface area contributed by atoms with Crippen LogP contribution in [0.15, 0.2) is 113 Å². The Hall–Kier alpha value is -2.63. The van der Waals surface area contributed by atoms with Crippen LogP contribution in [0.1, 0.15) is 17.5 Å². The first kappa shape index (κ1) is 28.9. The van der Waals surface area contributed by atoms with Crippen molar-refractivity contribution in [1.82, 2.24) is 0 Å². The molecule has 0 saturated carbocycles. The molecule has 4 aromatic carbocycles. The number of benzene rings is 4. The van der Waals surface area contributed by atoms with Crippen LogP contribution in [0.25, 0.3) is 0 Å². The second kappa shape index (κ2) is 14.3. The fraction of sp³-hybridized carbons (Fsp3) is 0.226. The molecule has 4 rings (SSSR count). The topological polar surface area (TPSA) is 21.3 Å². The minimum atomic E-state index is 0. The third kappa shape index (κ3) is 9.64. The summed E-state index contributed by atoms with van der Waals surface area (Å²) in [7, 11) is 4.58. The molecule has 0 saturated heterocycles. The number of rotatable bonds is 12. The molecule has 3 nitrogen and oxygen atoms in total. The van der Waals surface area contributed by atoms with Crippen LogP contribution >= 0.6 is 23.4 Å². The summed E-state index contributed by atoms with van der Waals surface area (Å²) in [6.45, 7) is 3.54. The van der Waals surface area contributed by atoms with Crippen LogP contribution in [0, 0.1) is 0 Å². The van der Waals surface area contributed by atoms with E-state index in [-0.39, 0.29) is 12.4 Å². The van der Waals surface area contributed by atoms with Gasteiger partial charge in [0.1, 0.15) is 18.9 Å². The molecule has 0 radical (unpaired) electrons. The van der Waals surface area contributed by atoms with Crippen molar-refractivity contribution in [2.24, 2.45) is 0 Å². The highest BCUT2D eigenvalue weighted by molar-refractivity contribution is 7.99. The van der Waals surface area contributed by atoms with Crippen LogP contribution in [0.5, 0.6) is 5.75 Å². The summed E-state index contributed by atoms with van der Waals surface area (Å²) in [4.78, 5) is 2.41. The number of nitrogens with one attached hydrogen (secondary N) is 1. The van der Waals surface area contributed by atoms with Gasteiger partial charge in [-0.15, -0.1) is 0 Å². The van der Waals surface area contributed by atoms with Crippen molar-refractivity contribution in [2.45, 2.75) is 29.4 Å². The zero-order valence-corrected chi connectivity index (χ0v) is 23.7. The fourth-order valence-corrected chi connectivity index (χ4v) is 5.18. The Morgan fingerprint density at radius 1 is 0.811 bits per heavy atom. The Kier molecular flexibility index (Phi) is 11.2. The van der Waals surface area contributed by atoms with Gasteiger partial charge in [-0.05, 0) is 60.2 Å². The maximum Gasteiger partial charge on any atom is 0.119 e. The van der Waals surface area contributed by atoms with Gasteiger partial charge in [0, 0.05) is 39.0 Å². The molecule has 0 heterocycles. The van der Waals surface area contributed by atoms with Gasteiger partial charge in [-0.3, -0.25) is 0 Å². The number of hydrogen-bond donors (Lipinski definition) is 1. The van der Waals surface area contributed by atoms with E-state index in [1.807, 2.05) is 36.4 Å². The molecule has 0 aliphatic heterocycles. The van der Waals surface area contributed by atoms with Crippen molar-refractivity contribution in [3.8, 4) is 5.75 Å². The van der Waals surface area contributed by atoms with Gasteiger partial charge in [-0.2, -0.15) is 0 Å². The van der Waals surface area contributed by atoms with E-state index in [1.165, 1.54) is 20.9 Å². The molecule has 0 aliphatic rings.